The molecule has 9 nitrogen and oxygen atoms in total. The highest BCUT2D eigenvalue weighted by Crippen LogP contribution is 2.44. The average molecular weight is 586 g/mol. The van der Waals surface area contributed by atoms with Crippen molar-refractivity contribution < 1.29 is 33.0 Å². The molecule has 0 unspecified atom stereocenters. The normalized spacial score (nSPS) is 15.6. The zero-order valence-electron chi connectivity index (χ0n) is 18.4. The number of ether oxygens (including phenoxy) is 3. The summed E-state index contributed by atoms with van der Waals surface area (Å²) in [5.74, 6) is 0.0515. The minimum Gasteiger partial charge on any atom is -0.493 e. The number of carbonyl (C=O) groups excluding carboxylic acids is 3. The highest BCUT2D eigenvalue weighted by molar-refractivity contribution is 9.13. The number of halogens is 2. The number of methoxy groups -OCH3 is 2. The molecule has 0 saturated carbocycles. The van der Waals surface area contributed by atoms with Crippen molar-refractivity contribution in [3.63, 3.8) is 0 Å². The molecule has 0 radical (unpaired) electrons. The third-order valence-electron chi connectivity index (χ3n) is 4.89. The Hall–Kier alpha value is -2.79. The van der Waals surface area contributed by atoms with Crippen LogP contribution in [0.5, 0.6) is 11.5 Å². The van der Waals surface area contributed by atoms with Crippen molar-refractivity contribution in [1.29, 1.82) is 0 Å². The van der Waals surface area contributed by atoms with Crippen LogP contribution in [0, 0.1) is 0 Å². The number of nitrogens with one attached hydrogen (secondary N) is 1. The first-order chi connectivity index (χ1) is 15.7. The summed E-state index contributed by atoms with van der Waals surface area (Å²) in [5, 5.41) is 2.56. The van der Waals surface area contributed by atoms with Gasteiger partial charge in [0.05, 0.1) is 31.3 Å². The van der Waals surface area contributed by atoms with Gasteiger partial charge in [0, 0.05) is 4.47 Å². The van der Waals surface area contributed by atoms with E-state index in [2.05, 4.69) is 41.9 Å². The van der Waals surface area contributed by atoms with Crippen LogP contribution >= 0.6 is 31.9 Å². The Morgan fingerprint density at radius 1 is 1.24 bits per heavy atom. The second kappa shape index (κ2) is 10.4. The van der Waals surface area contributed by atoms with E-state index in [9.17, 15) is 14.4 Å². The number of imide groups is 1. The zero-order valence-corrected chi connectivity index (χ0v) is 21.5. The monoisotopic (exact) mass is 584 g/mol. The number of hydrogen-bond acceptors (Lipinski definition) is 7. The molecule has 3 rings (SSSR count). The van der Waals surface area contributed by atoms with Crippen LogP contribution in [-0.2, 0) is 16.1 Å². The molecular formula is C22H22Br2N2O7. The lowest BCUT2D eigenvalue weighted by Crippen LogP contribution is -2.30. The Balaban J connectivity index is 1.87. The smallest absolute Gasteiger partial charge is 0.373 e. The summed E-state index contributed by atoms with van der Waals surface area (Å²) < 4.78 is 22.6. The SMILES string of the molecule is CC[C@@H](C)Oc1c(OC)cc(/C=C2\NC(=O)N(Cc3ccc(C(=O)OC)o3)C2=O)c(Br)c1Br. The molecule has 1 atom stereocenters. The molecule has 1 saturated heterocycles. The lowest BCUT2D eigenvalue weighted by molar-refractivity contribution is -0.123. The molecule has 1 aliphatic heterocycles. The summed E-state index contributed by atoms with van der Waals surface area (Å²) in [5.41, 5.74) is 0.664. The Labute approximate surface area is 207 Å². The topological polar surface area (TPSA) is 107 Å². The van der Waals surface area contributed by atoms with Crippen molar-refractivity contribution in [2.45, 2.75) is 32.9 Å². The summed E-state index contributed by atoms with van der Waals surface area (Å²) in [6.45, 7) is 3.82. The highest BCUT2D eigenvalue weighted by Gasteiger charge is 2.35. The lowest BCUT2D eigenvalue weighted by Gasteiger charge is -2.19. The predicted molar refractivity (Wildman–Crippen MR) is 126 cm³/mol. The number of nitrogens with zero attached hydrogens (tertiary/aromatic N) is 1. The Kier molecular flexibility index (Phi) is 7.85. The zero-order chi connectivity index (χ0) is 24.3. The number of hydrogen-bond donors (Lipinski definition) is 1. The number of furan rings is 1. The van der Waals surface area contributed by atoms with Crippen LogP contribution in [-0.4, -0.2) is 43.1 Å². The molecule has 3 amide bonds. The number of urea groups is 1. The van der Waals surface area contributed by atoms with Crippen LogP contribution in [0.4, 0.5) is 4.79 Å². The molecule has 1 aliphatic rings. The average Bonchev–Trinajstić information content (AvgIpc) is 3.38. The van der Waals surface area contributed by atoms with Gasteiger partial charge in [-0.2, -0.15) is 0 Å². The number of carbonyl (C=O) groups is 3. The van der Waals surface area contributed by atoms with Crippen LogP contribution in [0.3, 0.4) is 0 Å². The molecule has 0 bridgehead atoms. The molecule has 1 aromatic heterocycles. The number of benzene rings is 1. The molecule has 0 aliphatic carbocycles. The van der Waals surface area contributed by atoms with E-state index in [1.54, 1.807) is 6.07 Å². The summed E-state index contributed by atoms with van der Waals surface area (Å²) in [6.07, 6.45) is 2.32. The third kappa shape index (κ3) is 5.25. The maximum atomic E-state index is 12.9. The maximum absolute atomic E-state index is 12.9. The molecule has 33 heavy (non-hydrogen) atoms. The van der Waals surface area contributed by atoms with Crippen molar-refractivity contribution in [3.8, 4) is 11.5 Å². The first-order valence-electron chi connectivity index (χ1n) is 9.94. The van der Waals surface area contributed by atoms with Gasteiger partial charge >= 0.3 is 12.0 Å². The molecule has 2 heterocycles. The first kappa shape index (κ1) is 24.8. The first-order valence-corrected chi connectivity index (χ1v) is 11.5. The van der Waals surface area contributed by atoms with E-state index in [4.69, 9.17) is 13.9 Å². The largest absolute Gasteiger partial charge is 0.493 e. The second-order valence-corrected chi connectivity index (χ2v) is 8.68. The van der Waals surface area contributed by atoms with Gasteiger partial charge in [-0.25, -0.2) is 9.59 Å². The Morgan fingerprint density at radius 3 is 2.61 bits per heavy atom. The van der Waals surface area contributed by atoms with Crippen LogP contribution in [0.25, 0.3) is 6.08 Å². The summed E-state index contributed by atoms with van der Waals surface area (Å²) in [6, 6.07) is 4.02. The van der Waals surface area contributed by atoms with Crippen LogP contribution < -0.4 is 14.8 Å². The van der Waals surface area contributed by atoms with E-state index >= 15 is 0 Å². The minimum atomic E-state index is -0.649. The fourth-order valence-corrected chi connectivity index (χ4v) is 3.88. The standard InChI is InChI=1S/C22H22Br2N2O7/c1-5-11(2)32-19-16(30-3)9-12(17(23)18(19)24)8-14-20(27)26(22(29)25-14)10-13-6-7-15(33-13)21(28)31-4/h6-9,11H,5,10H2,1-4H3,(H,25,29)/b14-8-/t11-/m1/s1. The van der Waals surface area contributed by atoms with E-state index in [-0.39, 0.29) is 29.9 Å². The number of amides is 3. The van der Waals surface area contributed by atoms with Crippen molar-refractivity contribution in [1.82, 2.24) is 10.2 Å². The van der Waals surface area contributed by atoms with Crippen molar-refractivity contribution in [2.75, 3.05) is 14.2 Å². The van der Waals surface area contributed by atoms with Gasteiger partial charge < -0.3 is 23.9 Å². The molecule has 0 spiro atoms. The van der Waals surface area contributed by atoms with Gasteiger partial charge in [-0.3, -0.25) is 9.69 Å². The van der Waals surface area contributed by atoms with Crippen LogP contribution in [0.1, 0.15) is 42.1 Å². The summed E-state index contributed by atoms with van der Waals surface area (Å²) in [4.78, 5) is 37.8. The van der Waals surface area contributed by atoms with Gasteiger partial charge in [-0.1, -0.05) is 6.92 Å². The molecule has 176 valence electrons. The van der Waals surface area contributed by atoms with Gasteiger partial charge in [0.2, 0.25) is 5.76 Å². The van der Waals surface area contributed by atoms with Gasteiger partial charge in [0.1, 0.15) is 11.5 Å². The molecule has 2 aromatic rings. The van der Waals surface area contributed by atoms with Crippen LogP contribution in [0.2, 0.25) is 0 Å². The Bertz CT molecular complexity index is 1130. The van der Waals surface area contributed by atoms with Crippen molar-refractivity contribution in [2.24, 2.45) is 0 Å². The van der Waals surface area contributed by atoms with Crippen LogP contribution in [0.15, 0.2) is 37.3 Å². The molecule has 11 heteroatoms. The van der Waals surface area contributed by atoms with Gasteiger partial charge in [-0.15, -0.1) is 0 Å². The lowest BCUT2D eigenvalue weighted by atomic mass is 10.1. The number of rotatable bonds is 8. The van der Waals surface area contributed by atoms with Gasteiger partial charge in [0.15, 0.2) is 11.5 Å². The second-order valence-electron chi connectivity index (χ2n) is 7.10. The van der Waals surface area contributed by atoms with E-state index < -0.39 is 17.9 Å². The minimum absolute atomic E-state index is 0.0177. The molecule has 1 N–H and O–H groups in total. The summed E-state index contributed by atoms with van der Waals surface area (Å²) >= 11 is 7.04. The van der Waals surface area contributed by atoms with Gasteiger partial charge in [-0.05, 0) is 75.0 Å². The third-order valence-corrected chi connectivity index (χ3v) is 7.04. The fraction of sp³-hybridized carbons (Fsp3) is 0.318. The molecule has 1 fully saturated rings. The molecule has 1 aromatic carbocycles. The van der Waals surface area contributed by atoms with E-state index in [1.165, 1.54) is 32.4 Å². The molecular weight excluding hydrogens is 564 g/mol. The van der Waals surface area contributed by atoms with Crippen molar-refractivity contribution >= 4 is 55.8 Å². The maximum Gasteiger partial charge on any atom is 0.373 e. The van der Waals surface area contributed by atoms with E-state index in [0.717, 1.165) is 11.3 Å². The van der Waals surface area contributed by atoms with Gasteiger partial charge in [0.25, 0.3) is 5.91 Å². The summed E-state index contributed by atoms with van der Waals surface area (Å²) in [7, 11) is 2.75. The van der Waals surface area contributed by atoms with E-state index in [0.29, 0.717) is 26.0 Å². The van der Waals surface area contributed by atoms with E-state index in [1.807, 2.05) is 13.8 Å². The predicted octanol–water partition coefficient (Wildman–Crippen LogP) is 4.87. The van der Waals surface area contributed by atoms with Crippen molar-refractivity contribution in [3.05, 3.63) is 49.9 Å². The highest BCUT2D eigenvalue weighted by atomic mass is 79.9. The fourth-order valence-electron chi connectivity index (χ4n) is 2.96. The quantitative estimate of drug-likeness (QED) is 0.267. The Morgan fingerprint density at radius 2 is 1.97 bits per heavy atom. The number of esters is 1.